The van der Waals surface area contributed by atoms with Crippen molar-refractivity contribution in [3.05, 3.63) is 60.7 Å². The predicted molar refractivity (Wildman–Crippen MR) is 115 cm³/mol. The Morgan fingerprint density at radius 3 is 1.85 bits per heavy atom. The van der Waals surface area contributed by atoms with E-state index in [1.54, 1.807) is 0 Å². The first-order valence-electron chi connectivity index (χ1n) is 9.59. The van der Waals surface area contributed by atoms with Gasteiger partial charge in [-0.25, -0.2) is 0 Å². The molecule has 2 heteroatoms. The zero-order valence-corrected chi connectivity index (χ0v) is 17.9. The van der Waals surface area contributed by atoms with Crippen molar-refractivity contribution in [2.75, 3.05) is 6.61 Å². The Balaban J connectivity index is 2.36. The highest BCUT2D eigenvalue weighted by Crippen LogP contribution is 2.36. The third-order valence-corrected chi connectivity index (χ3v) is 9.95. The lowest BCUT2D eigenvalue weighted by Gasteiger charge is -2.43. The van der Waals surface area contributed by atoms with Crippen LogP contribution in [-0.2, 0) is 4.43 Å². The lowest BCUT2D eigenvalue weighted by atomic mass is 10.1. The van der Waals surface area contributed by atoms with Gasteiger partial charge in [0.25, 0.3) is 8.32 Å². The van der Waals surface area contributed by atoms with Gasteiger partial charge in [-0.15, -0.1) is 11.8 Å². The summed E-state index contributed by atoms with van der Waals surface area (Å²) in [4.78, 5) is 0. The Kier molecular flexibility index (Phi) is 7.26. The minimum atomic E-state index is -2.38. The van der Waals surface area contributed by atoms with Crippen LogP contribution < -0.4 is 10.4 Å². The van der Waals surface area contributed by atoms with Gasteiger partial charge in [-0.3, -0.25) is 0 Å². The maximum Gasteiger partial charge on any atom is 0.261 e. The second kappa shape index (κ2) is 9.21. The first-order chi connectivity index (χ1) is 12.4. The number of hydrogen-bond acceptors (Lipinski definition) is 1. The van der Waals surface area contributed by atoms with E-state index in [9.17, 15) is 0 Å². The largest absolute Gasteiger partial charge is 0.407 e. The number of rotatable bonds is 7. The Morgan fingerprint density at radius 1 is 0.923 bits per heavy atom. The lowest BCUT2D eigenvalue weighted by Crippen LogP contribution is -2.66. The minimum absolute atomic E-state index is 0.0462. The van der Waals surface area contributed by atoms with Crippen molar-refractivity contribution in [2.24, 2.45) is 5.92 Å². The molecule has 2 aromatic carbocycles. The molecular formula is C24H32OSi. The zero-order chi connectivity index (χ0) is 19.0. The maximum atomic E-state index is 6.89. The molecule has 0 bridgehead atoms. The quantitative estimate of drug-likeness (QED) is 0.381. The summed E-state index contributed by atoms with van der Waals surface area (Å²) in [7, 11) is -2.38. The number of benzene rings is 2. The molecule has 0 aliphatic heterocycles. The van der Waals surface area contributed by atoms with E-state index >= 15 is 0 Å². The third kappa shape index (κ3) is 4.66. The van der Waals surface area contributed by atoms with Crippen LogP contribution in [0.1, 0.15) is 47.5 Å². The SMILES string of the molecule is CC#C[C@@H](C)CCCO[Si](c1ccccc1)(c1ccccc1)C(C)(C)C. The molecule has 0 saturated carbocycles. The van der Waals surface area contributed by atoms with Gasteiger partial charge in [-0.2, -0.15) is 0 Å². The van der Waals surface area contributed by atoms with Gasteiger partial charge in [-0.05, 0) is 35.2 Å². The molecule has 0 unspecified atom stereocenters. The highest BCUT2D eigenvalue weighted by molar-refractivity contribution is 6.99. The summed E-state index contributed by atoms with van der Waals surface area (Å²) in [5.74, 6) is 6.69. The van der Waals surface area contributed by atoms with Crippen molar-refractivity contribution < 1.29 is 4.43 Å². The van der Waals surface area contributed by atoms with Gasteiger partial charge in [0.1, 0.15) is 0 Å². The molecule has 2 aromatic rings. The van der Waals surface area contributed by atoms with Crippen LogP contribution in [0.3, 0.4) is 0 Å². The summed E-state index contributed by atoms with van der Waals surface area (Å²) in [6.45, 7) is 11.9. The summed E-state index contributed by atoms with van der Waals surface area (Å²) in [5.41, 5.74) is 0. The highest BCUT2D eigenvalue weighted by atomic mass is 28.4. The molecule has 1 nitrogen and oxygen atoms in total. The van der Waals surface area contributed by atoms with Gasteiger partial charge >= 0.3 is 0 Å². The van der Waals surface area contributed by atoms with Gasteiger partial charge in [0, 0.05) is 12.5 Å². The molecule has 0 amide bonds. The van der Waals surface area contributed by atoms with E-state index in [4.69, 9.17) is 4.43 Å². The van der Waals surface area contributed by atoms with Crippen LogP contribution in [0, 0.1) is 17.8 Å². The highest BCUT2D eigenvalue weighted by Gasteiger charge is 2.49. The normalized spacial score (nSPS) is 13.0. The van der Waals surface area contributed by atoms with E-state index < -0.39 is 8.32 Å². The van der Waals surface area contributed by atoms with Crippen LogP contribution in [0.4, 0.5) is 0 Å². The van der Waals surface area contributed by atoms with Crippen LogP contribution in [-0.4, -0.2) is 14.9 Å². The van der Waals surface area contributed by atoms with Crippen molar-refractivity contribution in [1.82, 2.24) is 0 Å². The van der Waals surface area contributed by atoms with Gasteiger partial charge in [0.05, 0.1) is 0 Å². The molecule has 0 aliphatic rings. The van der Waals surface area contributed by atoms with Crippen molar-refractivity contribution >= 4 is 18.7 Å². The number of hydrogen-bond donors (Lipinski definition) is 0. The van der Waals surface area contributed by atoms with E-state index in [0.717, 1.165) is 19.4 Å². The average molecular weight is 365 g/mol. The fourth-order valence-corrected chi connectivity index (χ4v) is 8.30. The van der Waals surface area contributed by atoms with Crippen LogP contribution in [0.5, 0.6) is 0 Å². The fraction of sp³-hybridized carbons (Fsp3) is 0.417. The second-order valence-corrected chi connectivity index (χ2v) is 12.3. The molecule has 0 N–H and O–H groups in total. The van der Waals surface area contributed by atoms with Gasteiger partial charge in [0.2, 0.25) is 0 Å². The van der Waals surface area contributed by atoms with Crippen molar-refractivity contribution in [2.45, 2.75) is 52.5 Å². The Morgan fingerprint density at radius 2 is 1.42 bits per heavy atom. The summed E-state index contributed by atoms with van der Waals surface area (Å²) >= 11 is 0. The molecule has 138 valence electrons. The molecule has 0 aliphatic carbocycles. The van der Waals surface area contributed by atoms with Crippen molar-refractivity contribution in [1.29, 1.82) is 0 Å². The van der Waals surface area contributed by atoms with Crippen LogP contribution in [0.15, 0.2) is 60.7 Å². The summed E-state index contributed by atoms with van der Waals surface area (Å²) in [5, 5.41) is 2.74. The molecule has 0 radical (unpaired) electrons. The van der Waals surface area contributed by atoms with Gasteiger partial charge in [0.15, 0.2) is 0 Å². The molecule has 0 spiro atoms. The monoisotopic (exact) mass is 364 g/mol. The summed E-state index contributed by atoms with van der Waals surface area (Å²) in [6, 6.07) is 21.7. The smallest absolute Gasteiger partial charge is 0.261 e. The van der Waals surface area contributed by atoms with Crippen LogP contribution >= 0.6 is 0 Å². The Labute approximate surface area is 160 Å². The molecule has 1 atom stereocenters. The molecule has 0 heterocycles. The van der Waals surface area contributed by atoms with Crippen molar-refractivity contribution in [3.8, 4) is 11.8 Å². The first-order valence-corrected chi connectivity index (χ1v) is 11.5. The van der Waals surface area contributed by atoms with E-state index in [1.807, 2.05) is 6.92 Å². The van der Waals surface area contributed by atoms with E-state index in [2.05, 4.69) is 100 Å². The topological polar surface area (TPSA) is 9.23 Å². The zero-order valence-electron chi connectivity index (χ0n) is 16.9. The fourth-order valence-electron chi connectivity index (χ4n) is 3.69. The second-order valence-electron chi connectivity index (χ2n) is 7.95. The first kappa shape index (κ1) is 20.5. The summed E-state index contributed by atoms with van der Waals surface area (Å²) in [6.07, 6.45) is 2.12. The standard InChI is InChI=1S/C24H32OSi/c1-6-14-21(2)15-13-20-25-26(24(3,4)5,22-16-9-7-10-17-22)23-18-11-8-12-19-23/h7-12,16-19,21H,13,15,20H2,1-5H3/t21-/m1/s1. The molecule has 0 saturated heterocycles. The van der Waals surface area contributed by atoms with Crippen LogP contribution in [0.25, 0.3) is 0 Å². The average Bonchev–Trinajstić information content (AvgIpc) is 2.62. The Bertz CT molecular complexity index is 680. The Hall–Kier alpha value is -1.82. The van der Waals surface area contributed by atoms with Gasteiger partial charge < -0.3 is 4.43 Å². The van der Waals surface area contributed by atoms with Crippen LogP contribution in [0.2, 0.25) is 5.04 Å². The molecule has 26 heavy (non-hydrogen) atoms. The molecule has 0 fully saturated rings. The van der Waals surface area contributed by atoms with Crippen molar-refractivity contribution in [3.63, 3.8) is 0 Å². The van der Waals surface area contributed by atoms with Gasteiger partial charge in [-0.1, -0.05) is 88.4 Å². The maximum absolute atomic E-state index is 6.89. The van der Waals surface area contributed by atoms with E-state index in [1.165, 1.54) is 10.4 Å². The minimum Gasteiger partial charge on any atom is -0.407 e. The molecular weight excluding hydrogens is 332 g/mol. The lowest BCUT2D eigenvalue weighted by molar-refractivity contribution is 0.284. The molecule has 2 rings (SSSR count). The van der Waals surface area contributed by atoms with E-state index in [-0.39, 0.29) is 5.04 Å². The molecule has 0 aromatic heterocycles. The predicted octanol–water partition coefficient (Wildman–Crippen LogP) is 5.00. The third-order valence-electron chi connectivity index (χ3n) is 4.91. The van der Waals surface area contributed by atoms with E-state index in [0.29, 0.717) is 5.92 Å². The summed E-state index contributed by atoms with van der Waals surface area (Å²) < 4.78 is 6.89.